The molecule has 10 heteroatoms. The van der Waals surface area contributed by atoms with Crippen molar-refractivity contribution in [2.24, 2.45) is 0 Å². The lowest BCUT2D eigenvalue weighted by Gasteiger charge is -2.33. The Hall–Kier alpha value is -2.29. The molecule has 2 aromatic rings. The van der Waals surface area contributed by atoms with Crippen molar-refractivity contribution >= 4 is 50.7 Å². The van der Waals surface area contributed by atoms with E-state index < -0.39 is 28.5 Å². The van der Waals surface area contributed by atoms with Crippen LogP contribution in [0.5, 0.6) is 0 Å². The van der Waals surface area contributed by atoms with E-state index in [0.717, 1.165) is 21.7 Å². The van der Waals surface area contributed by atoms with Crippen LogP contribution in [0.4, 0.5) is 5.69 Å². The van der Waals surface area contributed by atoms with Crippen molar-refractivity contribution in [3.8, 4) is 0 Å². The summed E-state index contributed by atoms with van der Waals surface area (Å²) in [5, 5.41) is 3.05. The first-order valence-corrected chi connectivity index (χ1v) is 13.5. The standard InChI is InChI=1S/C24H31Cl2N3O4S/c1-6-20(24(31)27-16(2)3)28(14-18-11-8-7-10-17(18)4)22(30)15-29(34(5,32)33)21-13-9-12-19(25)23(21)26/h7-13,16,20H,6,14-15H2,1-5H3,(H,27,31). The van der Waals surface area contributed by atoms with E-state index in [0.29, 0.717) is 6.42 Å². The minimum absolute atomic E-state index is 0.0254. The third kappa shape index (κ3) is 7.10. The molecule has 34 heavy (non-hydrogen) atoms. The molecule has 0 saturated carbocycles. The van der Waals surface area contributed by atoms with Crippen LogP contribution < -0.4 is 9.62 Å². The third-order valence-electron chi connectivity index (χ3n) is 5.30. The lowest BCUT2D eigenvalue weighted by molar-refractivity contribution is -0.140. The topological polar surface area (TPSA) is 86.8 Å². The fraction of sp³-hybridized carbons (Fsp3) is 0.417. The Bertz CT molecular complexity index is 1140. The Kier molecular flexibility index (Phi) is 9.79. The maximum absolute atomic E-state index is 13.6. The molecule has 0 radical (unpaired) electrons. The number of hydrogen-bond acceptors (Lipinski definition) is 4. The Balaban J connectivity index is 2.50. The fourth-order valence-corrected chi connectivity index (χ4v) is 4.85. The van der Waals surface area contributed by atoms with E-state index in [-0.39, 0.29) is 34.2 Å². The normalized spacial score (nSPS) is 12.4. The SMILES string of the molecule is CCC(C(=O)NC(C)C)N(Cc1ccccc1C)C(=O)CN(c1cccc(Cl)c1Cl)S(C)(=O)=O. The van der Waals surface area contributed by atoms with Crippen molar-refractivity contribution in [1.82, 2.24) is 10.2 Å². The highest BCUT2D eigenvalue weighted by atomic mass is 35.5. The molecule has 0 bridgehead atoms. The highest BCUT2D eigenvalue weighted by molar-refractivity contribution is 7.92. The van der Waals surface area contributed by atoms with Gasteiger partial charge in [-0.25, -0.2) is 8.42 Å². The Labute approximate surface area is 212 Å². The minimum Gasteiger partial charge on any atom is -0.352 e. The third-order valence-corrected chi connectivity index (χ3v) is 7.23. The second-order valence-electron chi connectivity index (χ2n) is 8.38. The molecule has 0 aromatic heterocycles. The van der Waals surface area contributed by atoms with E-state index in [2.05, 4.69) is 5.32 Å². The summed E-state index contributed by atoms with van der Waals surface area (Å²) in [6.07, 6.45) is 1.35. The van der Waals surface area contributed by atoms with Gasteiger partial charge in [-0.3, -0.25) is 13.9 Å². The molecule has 1 N–H and O–H groups in total. The summed E-state index contributed by atoms with van der Waals surface area (Å²) in [6.45, 7) is 7.02. The Morgan fingerprint density at radius 2 is 1.71 bits per heavy atom. The summed E-state index contributed by atoms with van der Waals surface area (Å²) in [7, 11) is -3.90. The van der Waals surface area contributed by atoms with Gasteiger partial charge in [-0.1, -0.05) is 60.5 Å². The first kappa shape index (κ1) is 28.0. The first-order valence-electron chi connectivity index (χ1n) is 10.9. The molecule has 0 spiro atoms. The van der Waals surface area contributed by atoms with Crippen LogP contribution in [0.3, 0.4) is 0 Å². The molecule has 0 heterocycles. The van der Waals surface area contributed by atoms with Crippen LogP contribution in [-0.4, -0.2) is 50.0 Å². The zero-order valence-corrected chi connectivity index (χ0v) is 22.3. The number of nitrogens with one attached hydrogen (secondary N) is 1. The number of nitrogens with zero attached hydrogens (tertiary/aromatic N) is 2. The van der Waals surface area contributed by atoms with Gasteiger partial charge in [0.2, 0.25) is 21.8 Å². The Morgan fingerprint density at radius 3 is 2.26 bits per heavy atom. The van der Waals surface area contributed by atoms with Crippen LogP contribution >= 0.6 is 23.2 Å². The van der Waals surface area contributed by atoms with Gasteiger partial charge in [0.1, 0.15) is 12.6 Å². The number of amides is 2. The molecule has 0 aliphatic carbocycles. The number of anilines is 1. The summed E-state index contributed by atoms with van der Waals surface area (Å²) < 4.78 is 26.2. The molecule has 2 aromatic carbocycles. The van der Waals surface area contributed by atoms with Gasteiger partial charge in [0, 0.05) is 12.6 Å². The molecule has 7 nitrogen and oxygen atoms in total. The number of aryl methyl sites for hydroxylation is 1. The van der Waals surface area contributed by atoms with Gasteiger partial charge in [0.15, 0.2) is 0 Å². The average Bonchev–Trinajstić information content (AvgIpc) is 2.74. The summed E-state index contributed by atoms with van der Waals surface area (Å²) >= 11 is 12.4. The number of benzene rings is 2. The number of rotatable bonds is 10. The maximum atomic E-state index is 13.6. The van der Waals surface area contributed by atoms with Crippen LogP contribution in [0.15, 0.2) is 42.5 Å². The summed E-state index contributed by atoms with van der Waals surface area (Å²) in [5.41, 5.74) is 1.91. The van der Waals surface area contributed by atoms with Gasteiger partial charge < -0.3 is 10.2 Å². The predicted molar refractivity (Wildman–Crippen MR) is 138 cm³/mol. The number of sulfonamides is 1. The van der Waals surface area contributed by atoms with Crippen LogP contribution in [0.25, 0.3) is 0 Å². The van der Waals surface area contributed by atoms with Crippen molar-refractivity contribution < 1.29 is 18.0 Å². The molecule has 186 valence electrons. The molecular formula is C24H31Cl2N3O4S. The highest BCUT2D eigenvalue weighted by Gasteiger charge is 2.32. The molecule has 0 aliphatic rings. The van der Waals surface area contributed by atoms with Crippen molar-refractivity contribution in [3.05, 3.63) is 63.6 Å². The van der Waals surface area contributed by atoms with Gasteiger partial charge in [0.05, 0.1) is 22.0 Å². The second-order valence-corrected chi connectivity index (χ2v) is 11.1. The molecule has 1 atom stereocenters. The molecule has 0 saturated heterocycles. The van der Waals surface area contributed by atoms with Crippen molar-refractivity contribution in [1.29, 1.82) is 0 Å². The molecule has 0 fully saturated rings. The van der Waals surface area contributed by atoms with Crippen LogP contribution in [0.2, 0.25) is 10.0 Å². The van der Waals surface area contributed by atoms with Gasteiger partial charge >= 0.3 is 0 Å². The maximum Gasteiger partial charge on any atom is 0.244 e. The van der Waals surface area contributed by atoms with E-state index >= 15 is 0 Å². The van der Waals surface area contributed by atoms with E-state index in [9.17, 15) is 18.0 Å². The van der Waals surface area contributed by atoms with Crippen LogP contribution in [0, 0.1) is 6.92 Å². The largest absolute Gasteiger partial charge is 0.352 e. The fourth-order valence-electron chi connectivity index (χ4n) is 3.55. The van der Waals surface area contributed by atoms with Gasteiger partial charge in [-0.15, -0.1) is 0 Å². The molecular weight excluding hydrogens is 497 g/mol. The number of hydrogen-bond donors (Lipinski definition) is 1. The van der Waals surface area contributed by atoms with Crippen molar-refractivity contribution in [3.63, 3.8) is 0 Å². The van der Waals surface area contributed by atoms with E-state index in [1.54, 1.807) is 6.07 Å². The zero-order chi connectivity index (χ0) is 25.6. The van der Waals surface area contributed by atoms with Crippen molar-refractivity contribution in [2.75, 3.05) is 17.1 Å². The quantitative estimate of drug-likeness (QED) is 0.495. The number of carbonyl (C=O) groups is 2. The van der Waals surface area contributed by atoms with Gasteiger partial charge in [-0.2, -0.15) is 0 Å². The number of halogens is 2. The first-order chi connectivity index (χ1) is 15.9. The Morgan fingerprint density at radius 1 is 1.06 bits per heavy atom. The molecule has 2 rings (SSSR count). The second kappa shape index (κ2) is 11.9. The number of carbonyl (C=O) groups excluding carboxylic acids is 2. The van der Waals surface area contributed by atoms with E-state index in [1.165, 1.54) is 17.0 Å². The average molecular weight is 529 g/mol. The van der Waals surface area contributed by atoms with Crippen LogP contribution in [-0.2, 0) is 26.2 Å². The van der Waals surface area contributed by atoms with E-state index in [1.807, 2.05) is 52.0 Å². The summed E-state index contributed by atoms with van der Waals surface area (Å²) in [4.78, 5) is 28.0. The molecule has 0 aliphatic heterocycles. The lowest BCUT2D eigenvalue weighted by Crippen LogP contribution is -2.53. The lowest BCUT2D eigenvalue weighted by atomic mass is 10.1. The monoisotopic (exact) mass is 527 g/mol. The molecule has 2 amide bonds. The predicted octanol–water partition coefficient (Wildman–Crippen LogP) is 4.40. The highest BCUT2D eigenvalue weighted by Crippen LogP contribution is 2.33. The smallest absolute Gasteiger partial charge is 0.244 e. The van der Waals surface area contributed by atoms with Gasteiger partial charge in [0.25, 0.3) is 0 Å². The van der Waals surface area contributed by atoms with Gasteiger partial charge in [-0.05, 0) is 50.5 Å². The summed E-state index contributed by atoms with van der Waals surface area (Å²) in [6, 6.07) is 11.2. The van der Waals surface area contributed by atoms with Crippen LogP contribution in [0.1, 0.15) is 38.3 Å². The van der Waals surface area contributed by atoms with E-state index in [4.69, 9.17) is 23.2 Å². The molecule has 1 unspecified atom stereocenters. The van der Waals surface area contributed by atoms with Crippen molar-refractivity contribution in [2.45, 2.75) is 52.7 Å². The zero-order valence-electron chi connectivity index (χ0n) is 20.0. The summed E-state index contributed by atoms with van der Waals surface area (Å²) in [5.74, 6) is -0.832. The minimum atomic E-state index is -3.90.